The second kappa shape index (κ2) is 4.81. The highest BCUT2D eigenvalue weighted by Crippen LogP contribution is 2.24. The number of hydrogen-bond acceptors (Lipinski definition) is 2. The smallest absolute Gasteiger partial charge is 0.168 e. The molecule has 0 amide bonds. The fourth-order valence-electron chi connectivity index (χ4n) is 1.29. The van der Waals surface area contributed by atoms with Gasteiger partial charge in [-0.15, -0.1) is 12.4 Å². The lowest BCUT2D eigenvalue weighted by Crippen LogP contribution is -2.09. The first-order chi connectivity index (χ1) is 7.18. The topological polar surface area (TPSA) is 63.0 Å². The molecule has 0 unspecified atom stereocenters. The molecule has 3 N–H and O–H groups in total. The summed E-state index contributed by atoms with van der Waals surface area (Å²) >= 11 is 0. The van der Waals surface area contributed by atoms with Gasteiger partial charge in [0.15, 0.2) is 11.6 Å². The molecule has 0 spiro atoms. The Balaban J connectivity index is 0.00000128. The van der Waals surface area contributed by atoms with E-state index in [1.54, 1.807) is 30.3 Å². The summed E-state index contributed by atoms with van der Waals surface area (Å²) in [6.45, 7) is 0. The standard InChI is InChI=1S/C11H9FN2O.ClH/c12-8-4-2-1-3-7(8)9-5-6-10(15-9)11(13)14;/h1-6H,(H3,13,14);1H. The van der Waals surface area contributed by atoms with E-state index < -0.39 is 0 Å². The van der Waals surface area contributed by atoms with Gasteiger partial charge in [-0.3, -0.25) is 5.41 Å². The van der Waals surface area contributed by atoms with Gasteiger partial charge in [-0.25, -0.2) is 4.39 Å². The molecule has 0 aliphatic rings. The highest BCUT2D eigenvalue weighted by atomic mass is 35.5. The van der Waals surface area contributed by atoms with Crippen LogP contribution in [0.4, 0.5) is 4.39 Å². The minimum absolute atomic E-state index is 0. The van der Waals surface area contributed by atoms with Gasteiger partial charge in [0.25, 0.3) is 0 Å². The Morgan fingerprint density at radius 1 is 1.19 bits per heavy atom. The maximum Gasteiger partial charge on any atom is 0.168 e. The number of nitrogens with two attached hydrogens (primary N) is 1. The molecule has 0 radical (unpaired) electrons. The van der Waals surface area contributed by atoms with Crippen LogP contribution in [-0.4, -0.2) is 5.84 Å². The fourth-order valence-corrected chi connectivity index (χ4v) is 1.29. The van der Waals surface area contributed by atoms with E-state index in [0.29, 0.717) is 11.3 Å². The molecular weight excluding hydrogens is 231 g/mol. The number of nitrogens with one attached hydrogen (secondary N) is 1. The van der Waals surface area contributed by atoms with Gasteiger partial charge < -0.3 is 10.2 Å². The monoisotopic (exact) mass is 240 g/mol. The molecule has 0 saturated carbocycles. The van der Waals surface area contributed by atoms with Crippen LogP contribution in [0.2, 0.25) is 0 Å². The van der Waals surface area contributed by atoms with E-state index in [-0.39, 0.29) is 29.8 Å². The van der Waals surface area contributed by atoms with Crippen molar-refractivity contribution in [2.75, 3.05) is 0 Å². The van der Waals surface area contributed by atoms with E-state index in [1.807, 2.05) is 0 Å². The summed E-state index contributed by atoms with van der Waals surface area (Å²) in [7, 11) is 0. The number of hydrogen-bond donors (Lipinski definition) is 2. The van der Waals surface area contributed by atoms with Crippen LogP contribution in [0.1, 0.15) is 5.76 Å². The van der Waals surface area contributed by atoms with Gasteiger partial charge in [-0.1, -0.05) is 12.1 Å². The van der Waals surface area contributed by atoms with Crippen LogP contribution < -0.4 is 5.73 Å². The Labute approximate surface area is 98.0 Å². The summed E-state index contributed by atoms with van der Waals surface area (Å²) < 4.78 is 18.6. The number of benzene rings is 1. The van der Waals surface area contributed by atoms with E-state index >= 15 is 0 Å². The first kappa shape index (κ1) is 12.3. The summed E-state index contributed by atoms with van der Waals surface area (Å²) in [5, 5.41) is 7.16. The second-order valence-electron chi connectivity index (χ2n) is 3.06. The van der Waals surface area contributed by atoms with Crippen molar-refractivity contribution in [1.82, 2.24) is 0 Å². The van der Waals surface area contributed by atoms with Crippen molar-refractivity contribution in [1.29, 1.82) is 5.41 Å². The molecule has 1 heterocycles. The molecule has 2 rings (SSSR count). The number of amidine groups is 1. The number of rotatable bonds is 2. The van der Waals surface area contributed by atoms with Gasteiger partial charge in [0, 0.05) is 0 Å². The molecule has 2 aromatic rings. The maximum absolute atomic E-state index is 13.3. The van der Waals surface area contributed by atoms with Crippen LogP contribution in [-0.2, 0) is 0 Å². The van der Waals surface area contributed by atoms with E-state index in [1.165, 1.54) is 6.07 Å². The average molecular weight is 241 g/mol. The van der Waals surface area contributed by atoms with Gasteiger partial charge in [0.1, 0.15) is 11.6 Å². The third-order valence-electron chi connectivity index (χ3n) is 2.01. The van der Waals surface area contributed by atoms with Crippen molar-refractivity contribution in [2.45, 2.75) is 0 Å². The summed E-state index contributed by atoms with van der Waals surface area (Å²) in [6, 6.07) is 9.42. The Hall–Kier alpha value is -1.81. The lowest BCUT2D eigenvalue weighted by molar-refractivity contribution is 0.560. The average Bonchev–Trinajstić information content (AvgIpc) is 2.67. The van der Waals surface area contributed by atoms with Gasteiger partial charge in [-0.05, 0) is 24.3 Å². The summed E-state index contributed by atoms with van der Waals surface area (Å²) in [5.41, 5.74) is 5.60. The number of furan rings is 1. The zero-order chi connectivity index (χ0) is 10.8. The Kier molecular flexibility index (Phi) is 3.68. The van der Waals surface area contributed by atoms with Crippen molar-refractivity contribution < 1.29 is 8.81 Å². The van der Waals surface area contributed by atoms with E-state index in [2.05, 4.69) is 0 Å². The molecular formula is C11H10ClFN2O. The lowest BCUT2D eigenvalue weighted by Gasteiger charge is -1.98. The van der Waals surface area contributed by atoms with Gasteiger partial charge >= 0.3 is 0 Å². The zero-order valence-electron chi connectivity index (χ0n) is 8.24. The largest absolute Gasteiger partial charge is 0.453 e. The van der Waals surface area contributed by atoms with Crippen LogP contribution in [0, 0.1) is 11.2 Å². The third kappa shape index (κ3) is 2.23. The molecule has 0 fully saturated rings. The van der Waals surface area contributed by atoms with Crippen LogP contribution in [0.3, 0.4) is 0 Å². The highest BCUT2D eigenvalue weighted by molar-refractivity contribution is 5.92. The van der Waals surface area contributed by atoms with Crippen molar-refractivity contribution in [3.63, 3.8) is 0 Å². The molecule has 5 heteroatoms. The normalized spacial score (nSPS) is 9.56. The molecule has 3 nitrogen and oxygen atoms in total. The van der Waals surface area contributed by atoms with Crippen molar-refractivity contribution in [3.8, 4) is 11.3 Å². The van der Waals surface area contributed by atoms with E-state index in [9.17, 15) is 4.39 Å². The third-order valence-corrected chi connectivity index (χ3v) is 2.01. The SMILES string of the molecule is Cl.N=C(N)c1ccc(-c2ccccc2F)o1. The fraction of sp³-hybridized carbons (Fsp3) is 0. The molecule has 0 aliphatic heterocycles. The van der Waals surface area contributed by atoms with Gasteiger partial charge in [0.05, 0.1) is 5.56 Å². The van der Waals surface area contributed by atoms with Crippen molar-refractivity contribution >= 4 is 18.2 Å². The zero-order valence-corrected chi connectivity index (χ0v) is 9.05. The van der Waals surface area contributed by atoms with Crippen molar-refractivity contribution in [2.24, 2.45) is 5.73 Å². The molecule has 0 bridgehead atoms. The van der Waals surface area contributed by atoms with Gasteiger partial charge in [0.2, 0.25) is 0 Å². The minimum atomic E-state index is -0.359. The predicted molar refractivity (Wildman–Crippen MR) is 62.4 cm³/mol. The van der Waals surface area contributed by atoms with Crippen LogP contribution >= 0.6 is 12.4 Å². The molecule has 0 aliphatic carbocycles. The summed E-state index contributed by atoms with van der Waals surface area (Å²) in [4.78, 5) is 0. The molecule has 84 valence electrons. The first-order valence-electron chi connectivity index (χ1n) is 4.37. The second-order valence-corrected chi connectivity index (χ2v) is 3.06. The molecule has 1 aromatic carbocycles. The maximum atomic E-state index is 13.3. The molecule has 16 heavy (non-hydrogen) atoms. The van der Waals surface area contributed by atoms with E-state index in [4.69, 9.17) is 15.6 Å². The van der Waals surface area contributed by atoms with Crippen LogP contribution in [0.15, 0.2) is 40.8 Å². The highest BCUT2D eigenvalue weighted by Gasteiger charge is 2.09. The molecule has 1 aromatic heterocycles. The van der Waals surface area contributed by atoms with Crippen LogP contribution in [0.25, 0.3) is 11.3 Å². The van der Waals surface area contributed by atoms with E-state index in [0.717, 1.165) is 0 Å². The first-order valence-corrected chi connectivity index (χ1v) is 4.37. The Bertz CT molecular complexity index is 510. The quantitative estimate of drug-likeness (QED) is 0.626. The Morgan fingerprint density at radius 3 is 2.44 bits per heavy atom. The van der Waals surface area contributed by atoms with Gasteiger partial charge in [-0.2, -0.15) is 0 Å². The summed E-state index contributed by atoms with van der Waals surface area (Å²) in [6.07, 6.45) is 0. The number of halogens is 2. The van der Waals surface area contributed by atoms with Crippen molar-refractivity contribution in [3.05, 3.63) is 48.0 Å². The summed E-state index contributed by atoms with van der Waals surface area (Å²) in [5.74, 6) is 0.0890. The lowest BCUT2D eigenvalue weighted by atomic mass is 10.1. The van der Waals surface area contributed by atoms with Crippen LogP contribution in [0.5, 0.6) is 0 Å². The minimum Gasteiger partial charge on any atom is -0.453 e. The predicted octanol–water partition coefficient (Wildman–Crippen LogP) is 2.79. The molecule has 0 atom stereocenters. The number of nitrogen functional groups attached to an aromatic ring is 1. The Morgan fingerprint density at radius 2 is 1.88 bits per heavy atom. The molecule has 0 saturated heterocycles.